The molecule has 0 amide bonds. The molecule has 0 N–H and O–H groups in total. The normalized spacial score (nSPS) is 28.5. The maximum Gasteiger partial charge on any atom is 0 e. The monoisotopic (exact) mass is 380 g/mol. The first kappa shape index (κ1) is 19.8. The van der Waals surface area contributed by atoms with Crippen LogP contribution in [0.3, 0.4) is 0 Å². The van der Waals surface area contributed by atoms with Gasteiger partial charge in [0, 0.05) is 17.1 Å². The van der Waals surface area contributed by atoms with Crippen molar-refractivity contribution in [3.05, 3.63) is 43.0 Å². The van der Waals surface area contributed by atoms with E-state index in [-0.39, 0.29) is 32.9 Å². The van der Waals surface area contributed by atoms with Crippen molar-refractivity contribution in [1.29, 1.82) is 0 Å². The Morgan fingerprint density at radius 1 is 1.24 bits per heavy atom. The second kappa shape index (κ2) is 11.3. The van der Waals surface area contributed by atoms with Crippen molar-refractivity contribution in [3.8, 4) is 0 Å². The second-order valence-electron chi connectivity index (χ2n) is 5.58. The third-order valence-corrected chi connectivity index (χ3v) is 11.5. The quantitative estimate of drug-likeness (QED) is 0.396. The standard InChI is InChI=1S/C17H27P3.Fe/c1-3-11-19-12-7-13-20(15-16(2)18-10-14-19)17-8-5-4-6-9-17;/h3-6,8-9,16,18H,1,7,10-15H2,2H3;. The van der Waals surface area contributed by atoms with Gasteiger partial charge in [-0.2, -0.15) is 0 Å². The van der Waals surface area contributed by atoms with Crippen molar-refractivity contribution in [3.63, 3.8) is 0 Å². The van der Waals surface area contributed by atoms with Crippen LogP contribution in [-0.4, -0.2) is 42.6 Å². The van der Waals surface area contributed by atoms with Gasteiger partial charge in [0.1, 0.15) is 0 Å². The van der Waals surface area contributed by atoms with Gasteiger partial charge in [-0.1, -0.05) is 51.3 Å². The Morgan fingerprint density at radius 2 is 2.00 bits per heavy atom. The van der Waals surface area contributed by atoms with Crippen LogP contribution in [0.1, 0.15) is 13.3 Å². The molecule has 1 fully saturated rings. The van der Waals surface area contributed by atoms with Crippen molar-refractivity contribution >= 4 is 29.7 Å². The van der Waals surface area contributed by atoms with E-state index in [1.807, 2.05) is 0 Å². The molecular weight excluding hydrogens is 353 g/mol. The van der Waals surface area contributed by atoms with Crippen LogP contribution in [-0.2, 0) is 17.1 Å². The zero-order valence-corrected chi connectivity index (χ0v) is 16.8. The van der Waals surface area contributed by atoms with E-state index in [1.165, 1.54) is 52.0 Å². The molecule has 2 rings (SSSR count). The Balaban J connectivity index is 0.00000220. The van der Waals surface area contributed by atoms with E-state index in [1.54, 1.807) is 5.30 Å². The second-order valence-corrected chi connectivity index (χ2v) is 12.5. The fourth-order valence-electron chi connectivity index (χ4n) is 2.79. The molecular formula is C17H27FeP3. The molecule has 1 heterocycles. The molecule has 1 aromatic carbocycles. The van der Waals surface area contributed by atoms with Gasteiger partial charge in [0.15, 0.2) is 0 Å². The number of allylic oxidation sites excluding steroid dienone is 1. The minimum Gasteiger partial charge on any atom is -0.118 e. The van der Waals surface area contributed by atoms with Crippen LogP contribution in [0.4, 0.5) is 0 Å². The zero-order chi connectivity index (χ0) is 14.2. The minimum absolute atomic E-state index is 0. The predicted octanol–water partition coefficient (Wildman–Crippen LogP) is 4.93. The molecule has 4 unspecified atom stereocenters. The molecule has 118 valence electrons. The third kappa shape index (κ3) is 7.25. The maximum absolute atomic E-state index is 3.95. The summed E-state index contributed by atoms with van der Waals surface area (Å²) in [7, 11) is 1.51. The molecule has 4 atom stereocenters. The van der Waals surface area contributed by atoms with Crippen LogP contribution in [0, 0.1) is 0 Å². The topological polar surface area (TPSA) is 0 Å². The van der Waals surface area contributed by atoms with E-state index < -0.39 is 0 Å². The summed E-state index contributed by atoms with van der Waals surface area (Å²) in [5, 5.41) is 1.63. The SMILES string of the molecule is C=CCP1CCCP(c2ccccc2)CC(C)PCC1.[Fe]. The molecule has 0 saturated carbocycles. The van der Waals surface area contributed by atoms with Crippen LogP contribution in [0.25, 0.3) is 0 Å². The molecule has 0 nitrogen and oxygen atoms in total. The van der Waals surface area contributed by atoms with Crippen molar-refractivity contribution < 1.29 is 17.1 Å². The largest absolute Gasteiger partial charge is 0.118 e. The Hall–Kier alpha value is 0.769. The number of hydrogen-bond acceptors (Lipinski definition) is 0. The summed E-state index contributed by atoms with van der Waals surface area (Å²) in [4.78, 5) is 0. The first-order valence-electron chi connectivity index (χ1n) is 7.66. The van der Waals surface area contributed by atoms with E-state index in [0.29, 0.717) is 0 Å². The van der Waals surface area contributed by atoms with E-state index in [0.717, 1.165) is 5.66 Å². The minimum atomic E-state index is 0. The molecule has 4 heteroatoms. The number of rotatable bonds is 3. The van der Waals surface area contributed by atoms with Gasteiger partial charge in [0.05, 0.1) is 0 Å². The Labute approximate surface area is 145 Å². The summed E-state index contributed by atoms with van der Waals surface area (Å²) in [6, 6.07) is 11.3. The molecule has 0 spiro atoms. The molecule has 0 aliphatic carbocycles. The number of benzene rings is 1. The third-order valence-electron chi connectivity index (χ3n) is 3.83. The molecule has 1 saturated heterocycles. The van der Waals surface area contributed by atoms with Crippen molar-refractivity contribution in [2.75, 3.05) is 37.0 Å². The molecule has 1 aliphatic heterocycles. The van der Waals surface area contributed by atoms with Crippen LogP contribution < -0.4 is 5.30 Å². The predicted molar refractivity (Wildman–Crippen MR) is 102 cm³/mol. The average Bonchev–Trinajstić information content (AvgIpc) is 2.47. The number of hydrogen-bond donors (Lipinski definition) is 0. The molecule has 1 aliphatic rings. The summed E-state index contributed by atoms with van der Waals surface area (Å²) in [6.45, 7) is 6.43. The molecule has 1 aromatic rings. The van der Waals surface area contributed by atoms with Crippen molar-refractivity contribution in [2.45, 2.75) is 19.0 Å². The summed E-state index contributed by atoms with van der Waals surface area (Å²) in [5.41, 5.74) is 0.931. The molecule has 21 heavy (non-hydrogen) atoms. The first-order chi connectivity index (χ1) is 9.79. The van der Waals surface area contributed by atoms with E-state index in [4.69, 9.17) is 0 Å². The smallest absolute Gasteiger partial charge is 0 e. The van der Waals surface area contributed by atoms with Crippen molar-refractivity contribution in [2.24, 2.45) is 0 Å². The summed E-state index contributed by atoms with van der Waals surface area (Å²) in [6.07, 6.45) is 12.2. The van der Waals surface area contributed by atoms with E-state index in [2.05, 4.69) is 49.9 Å². The summed E-state index contributed by atoms with van der Waals surface area (Å²) in [5.74, 6) is 0. The van der Waals surface area contributed by atoms with E-state index >= 15 is 0 Å². The van der Waals surface area contributed by atoms with Gasteiger partial charge >= 0.3 is 0 Å². The van der Waals surface area contributed by atoms with Crippen LogP contribution in [0.2, 0.25) is 0 Å². The Kier molecular flexibility index (Phi) is 10.7. The van der Waals surface area contributed by atoms with Crippen molar-refractivity contribution in [1.82, 2.24) is 0 Å². The fourth-order valence-corrected chi connectivity index (χ4v) is 10.5. The molecule has 0 aromatic heterocycles. The van der Waals surface area contributed by atoms with Gasteiger partial charge < -0.3 is 0 Å². The van der Waals surface area contributed by atoms with E-state index in [9.17, 15) is 0 Å². The van der Waals surface area contributed by atoms with Gasteiger partial charge in [-0.05, 0) is 54.4 Å². The van der Waals surface area contributed by atoms with Gasteiger partial charge in [-0.15, -0.1) is 23.1 Å². The molecule has 0 bridgehead atoms. The van der Waals surface area contributed by atoms with Gasteiger partial charge in [-0.3, -0.25) is 0 Å². The maximum atomic E-state index is 3.95. The van der Waals surface area contributed by atoms with Crippen LogP contribution in [0.15, 0.2) is 43.0 Å². The Morgan fingerprint density at radius 3 is 2.71 bits per heavy atom. The van der Waals surface area contributed by atoms with Gasteiger partial charge in [-0.25, -0.2) is 0 Å². The zero-order valence-electron chi connectivity index (χ0n) is 12.9. The van der Waals surface area contributed by atoms with Crippen LogP contribution in [0.5, 0.6) is 0 Å². The summed E-state index contributed by atoms with van der Waals surface area (Å²) >= 11 is 0. The van der Waals surface area contributed by atoms with Crippen LogP contribution >= 0.6 is 24.4 Å². The van der Waals surface area contributed by atoms with Gasteiger partial charge in [0.25, 0.3) is 0 Å². The fraction of sp³-hybridized carbons (Fsp3) is 0.529. The average molecular weight is 380 g/mol. The van der Waals surface area contributed by atoms with Gasteiger partial charge in [0.2, 0.25) is 0 Å². The summed E-state index contributed by atoms with van der Waals surface area (Å²) < 4.78 is 0. The first-order valence-corrected chi connectivity index (χ1v) is 12.6. The molecule has 0 radical (unpaired) electrons. The Bertz CT molecular complexity index is 396.